The largest absolute Gasteiger partial charge is 0.324 e. The van der Waals surface area contributed by atoms with Crippen molar-refractivity contribution in [3.8, 4) is 10.6 Å². The van der Waals surface area contributed by atoms with E-state index in [2.05, 4.69) is 10.4 Å². The van der Waals surface area contributed by atoms with E-state index in [4.69, 9.17) is 0 Å². The summed E-state index contributed by atoms with van der Waals surface area (Å²) >= 11 is 1.49. The smallest absolute Gasteiger partial charge is 0.275 e. The average molecular weight is 469 g/mol. The number of nitrogens with one attached hydrogen (secondary N) is 1. The highest BCUT2D eigenvalue weighted by Gasteiger charge is 2.18. The minimum Gasteiger partial charge on any atom is -0.324 e. The van der Waals surface area contributed by atoms with Crippen LogP contribution in [0.4, 0.5) is 5.69 Å². The van der Waals surface area contributed by atoms with Crippen molar-refractivity contribution in [2.75, 3.05) is 19.4 Å². The minimum atomic E-state index is -3.64. The van der Waals surface area contributed by atoms with Crippen molar-refractivity contribution in [2.24, 2.45) is 0 Å². The zero-order valence-electron chi connectivity index (χ0n) is 17.3. The van der Waals surface area contributed by atoms with E-state index in [-0.39, 0.29) is 17.0 Å². The third-order valence-electron chi connectivity index (χ3n) is 4.81. The van der Waals surface area contributed by atoms with E-state index >= 15 is 0 Å². The van der Waals surface area contributed by atoms with Gasteiger partial charge in [0.15, 0.2) is 0 Å². The van der Waals surface area contributed by atoms with Gasteiger partial charge in [0, 0.05) is 25.2 Å². The molecule has 4 aromatic rings. The number of sulfonamides is 1. The van der Waals surface area contributed by atoms with Crippen LogP contribution in [0.1, 0.15) is 0 Å². The summed E-state index contributed by atoms with van der Waals surface area (Å²) in [7, 11) is -0.772. The number of nitrogens with zero attached hydrogens (tertiary/aromatic N) is 3. The number of anilines is 1. The molecule has 0 saturated carbocycles. The quantitative estimate of drug-likeness (QED) is 0.469. The van der Waals surface area contributed by atoms with Crippen LogP contribution in [-0.2, 0) is 21.4 Å². The van der Waals surface area contributed by atoms with Gasteiger partial charge in [0.2, 0.25) is 15.9 Å². The Labute approximate surface area is 188 Å². The van der Waals surface area contributed by atoms with Crippen molar-refractivity contribution in [1.29, 1.82) is 0 Å². The number of benzene rings is 2. The third-order valence-corrected chi connectivity index (χ3v) is 7.50. The van der Waals surface area contributed by atoms with Gasteiger partial charge in [0.05, 0.1) is 15.2 Å². The predicted molar refractivity (Wildman–Crippen MR) is 125 cm³/mol. The van der Waals surface area contributed by atoms with Crippen LogP contribution in [0, 0.1) is 0 Å². The van der Waals surface area contributed by atoms with Crippen molar-refractivity contribution >= 4 is 43.7 Å². The Morgan fingerprint density at radius 2 is 1.81 bits per heavy atom. The fraction of sp³-hybridized carbons (Fsp3) is 0.136. The van der Waals surface area contributed by atoms with Crippen molar-refractivity contribution in [3.63, 3.8) is 0 Å². The maximum Gasteiger partial charge on any atom is 0.275 e. The Bertz CT molecular complexity index is 1460. The molecule has 10 heteroatoms. The SMILES string of the molecule is CN(C)S(=O)(=O)c1cccc(NC(=O)Cn2nc(-c3cccs3)c3ccccc3c2=O)c1. The fourth-order valence-electron chi connectivity index (χ4n) is 3.22. The second kappa shape index (κ2) is 8.65. The summed E-state index contributed by atoms with van der Waals surface area (Å²) in [5, 5.41) is 10.2. The second-order valence-corrected chi connectivity index (χ2v) is 10.3. The average Bonchev–Trinajstić information content (AvgIpc) is 3.30. The molecule has 0 unspecified atom stereocenters. The van der Waals surface area contributed by atoms with Crippen molar-refractivity contribution in [1.82, 2.24) is 14.1 Å². The van der Waals surface area contributed by atoms with E-state index in [0.717, 1.165) is 19.3 Å². The summed E-state index contributed by atoms with van der Waals surface area (Å²) in [5.74, 6) is -0.494. The summed E-state index contributed by atoms with van der Waals surface area (Å²) in [6, 6.07) is 16.9. The molecular formula is C22H20N4O4S2. The van der Waals surface area contributed by atoms with Gasteiger partial charge >= 0.3 is 0 Å². The molecule has 2 heterocycles. The lowest BCUT2D eigenvalue weighted by molar-refractivity contribution is -0.117. The van der Waals surface area contributed by atoms with Crippen LogP contribution >= 0.6 is 11.3 Å². The lowest BCUT2D eigenvalue weighted by Gasteiger charge is -2.13. The number of rotatable bonds is 6. The normalized spacial score (nSPS) is 11.7. The maximum absolute atomic E-state index is 12.9. The molecule has 0 fully saturated rings. The topological polar surface area (TPSA) is 101 Å². The van der Waals surface area contributed by atoms with Gasteiger partial charge in [-0.1, -0.05) is 30.3 Å². The fourth-order valence-corrected chi connectivity index (χ4v) is 4.89. The zero-order valence-corrected chi connectivity index (χ0v) is 19.0. The number of carbonyl (C=O) groups excluding carboxylic acids is 1. The summed E-state index contributed by atoms with van der Waals surface area (Å²) in [5.41, 5.74) is 0.562. The first kappa shape index (κ1) is 21.9. The van der Waals surface area contributed by atoms with Crippen molar-refractivity contribution in [2.45, 2.75) is 11.4 Å². The number of hydrogen-bond donors (Lipinski definition) is 1. The van der Waals surface area contributed by atoms with Crippen molar-refractivity contribution in [3.05, 3.63) is 76.4 Å². The molecule has 2 aromatic carbocycles. The van der Waals surface area contributed by atoms with Gasteiger partial charge in [-0.15, -0.1) is 11.3 Å². The summed E-state index contributed by atoms with van der Waals surface area (Å²) in [6.07, 6.45) is 0. The Hall–Kier alpha value is -3.34. The molecule has 2 aromatic heterocycles. The molecule has 0 aliphatic heterocycles. The van der Waals surface area contributed by atoms with Crippen LogP contribution in [0.25, 0.3) is 21.3 Å². The van der Waals surface area contributed by atoms with E-state index in [1.54, 1.807) is 24.3 Å². The molecule has 1 N–H and O–H groups in total. The number of amides is 1. The Morgan fingerprint density at radius 3 is 2.50 bits per heavy atom. The van der Waals surface area contributed by atoms with E-state index < -0.39 is 15.9 Å². The second-order valence-electron chi connectivity index (χ2n) is 7.20. The zero-order chi connectivity index (χ0) is 22.9. The van der Waals surface area contributed by atoms with Gasteiger partial charge in [-0.3, -0.25) is 9.59 Å². The van der Waals surface area contributed by atoms with Gasteiger partial charge in [0.1, 0.15) is 12.2 Å². The maximum atomic E-state index is 12.9. The predicted octanol–water partition coefficient (Wildman–Crippen LogP) is 3.01. The third kappa shape index (κ3) is 4.20. The molecule has 0 spiro atoms. The van der Waals surface area contributed by atoms with E-state index in [1.807, 2.05) is 29.6 Å². The lowest BCUT2D eigenvalue weighted by Crippen LogP contribution is -2.30. The molecule has 0 aliphatic rings. The van der Waals surface area contributed by atoms with Crippen LogP contribution in [0.3, 0.4) is 0 Å². The monoisotopic (exact) mass is 468 g/mol. The highest BCUT2D eigenvalue weighted by molar-refractivity contribution is 7.89. The number of aromatic nitrogens is 2. The molecule has 0 bridgehead atoms. The van der Waals surface area contributed by atoms with Crippen LogP contribution < -0.4 is 10.9 Å². The standard InChI is InChI=1S/C22H20N4O4S2/c1-25(2)32(29,30)16-8-5-7-15(13-16)23-20(27)14-26-22(28)18-10-4-3-9-17(18)21(24-26)19-11-6-12-31-19/h3-13H,14H2,1-2H3,(H,23,27). The highest BCUT2D eigenvalue weighted by atomic mass is 32.2. The molecule has 0 saturated heterocycles. The Kier molecular flexibility index (Phi) is 5.92. The van der Waals surface area contributed by atoms with Crippen LogP contribution in [-0.4, -0.2) is 42.5 Å². The molecule has 4 rings (SSSR count). The molecule has 0 radical (unpaired) electrons. The first-order chi connectivity index (χ1) is 15.3. The summed E-state index contributed by atoms with van der Waals surface area (Å²) < 4.78 is 26.9. The van der Waals surface area contributed by atoms with Crippen molar-refractivity contribution < 1.29 is 13.2 Å². The van der Waals surface area contributed by atoms with Crippen LogP contribution in [0.5, 0.6) is 0 Å². The Balaban J connectivity index is 1.66. The molecular weight excluding hydrogens is 448 g/mol. The van der Waals surface area contributed by atoms with Gasteiger partial charge in [0.25, 0.3) is 5.56 Å². The van der Waals surface area contributed by atoms with Gasteiger partial charge in [-0.25, -0.2) is 17.4 Å². The first-order valence-electron chi connectivity index (χ1n) is 9.63. The summed E-state index contributed by atoms with van der Waals surface area (Å²) in [4.78, 5) is 26.6. The van der Waals surface area contributed by atoms with E-state index in [0.29, 0.717) is 16.8 Å². The highest BCUT2D eigenvalue weighted by Crippen LogP contribution is 2.28. The summed E-state index contributed by atoms with van der Waals surface area (Å²) in [6.45, 7) is -0.313. The molecule has 164 valence electrons. The van der Waals surface area contributed by atoms with Gasteiger partial charge < -0.3 is 5.32 Å². The lowest BCUT2D eigenvalue weighted by atomic mass is 10.1. The minimum absolute atomic E-state index is 0.0567. The first-order valence-corrected chi connectivity index (χ1v) is 12.0. The molecule has 1 amide bonds. The number of carbonyl (C=O) groups is 1. The number of thiophene rings is 1. The molecule has 8 nitrogen and oxygen atoms in total. The molecule has 0 atom stereocenters. The van der Waals surface area contributed by atoms with Gasteiger partial charge in [-0.05, 0) is 35.7 Å². The van der Waals surface area contributed by atoms with Crippen LogP contribution in [0.15, 0.2) is 75.7 Å². The van der Waals surface area contributed by atoms with E-state index in [1.165, 1.54) is 37.6 Å². The number of fused-ring (bicyclic) bond motifs is 1. The Morgan fingerprint density at radius 1 is 1.06 bits per heavy atom. The van der Waals surface area contributed by atoms with E-state index in [9.17, 15) is 18.0 Å². The molecule has 0 aliphatic carbocycles. The van der Waals surface area contributed by atoms with Crippen LogP contribution in [0.2, 0.25) is 0 Å². The molecule has 32 heavy (non-hydrogen) atoms. The van der Waals surface area contributed by atoms with Gasteiger partial charge in [-0.2, -0.15) is 5.10 Å². The number of hydrogen-bond acceptors (Lipinski definition) is 6.